The molecular formula is C12H12BrFN2O4. The van der Waals surface area contributed by atoms with Crippen molar-refractivity contribution in [1.29, 1.82) is 0 Å². The van der Waals surface area contributed by atoms with Gasteiger partial charge in [0.15, 0.2) is 0 Å². The van der Waals surface area contributed by atoms with E-state index in [-0.39, 0.29) is 16.1 Å². The van der Waals surface area contributed by atoms with Gasteiger partial charge in [-0.2, -0.15) is 0 Å². The third-order valence-corrected chi connectivity index (χ3v) is 4.08. The summed E-state index contributed by atoms with van der Waals surface area (Å²) < 4.78 is 13.5. The summed E-state index contributed by atoms with van der Waals surface area (Å²) >= 11 is 2.98. The highest BCUT2D eigenvalue weighted by Crippen LogP contribution is 2.38. The molecule has 1 N–H and O–H groups in total. The van der Waals surface area contributed by atoms with Crippen molar-refractivity contribution in [3.63, 3.8) is 0 Å². The van der Waals surface area contributed by atoms with Crippen LogP contribution in [0.5, 0.6) is 0 Å². The van der Waals surface area contributed by atoms with Gasteiger partial charge in [0.2, 0.25) is 0 Å². The third-order valence-electron chi connectivity index (χ3n) is 3.48. The van der Waals surface area contributed by atoms with Gasteiger partial charge in [-0.25, -0.2) is 9.18 Å². The lowest BCUT2D eigenvalue weighted by Crippen LogP contribution is -2.39. The second-order valence-electron chi connectivity index (χ2n) is 4.75. The Bertz CT molecular complexity index is 581. The van der Waals surface area contributed by atoms with Crippen molar-refractivity contribution < 1.29 is 19.2 Å². The zero-order valence-electron chi connectivity index (χ0n) is 10.5. The van der Waals surface area contributed by atoms with Crippen LogP contribution in [0.4, 0.5) is 15.8 Å². The van der Waals surface area contributed by atoms with Crippen LogP contribution in [0.2, 0.25) is 0 Å². The molecule has 0 spiro atoms. The van der Waals surface area contributed by atoms with E-state index in [0.717, 1.165) is 6.07 Å². The first kappa shape index (κ1) is 14.7. The van der Waals surface area contributed by atoms with Crippen molar-refractivity contribution in [3.8, 4) is 0 Å². The van der Waals surface area contributed by atoms with Crippen molar-refractivity contribution in [1.82, 2.24) is 0 Å². The fourth-order valence-corrected chi connectivity index (χ4v) is 2.83. The van der Waals surface area contributed by atoms with E-state index in [0.29, 0.717) is 13.0 Å². The van der Waals surface area contributed by atoms with E-state index in [1.807, 2.05) is 0 Å². The van der Waals surface area contributed by atoms with E-state index < -0.39 is 28.4 Å². The molecule has 1 aliphatic rings. The number of benzene rings is 1. The quantitative estimate of drug-likeness (QED) is 0.671. The van der Waals surface area contributed by atoms with Crippen molar-refractivity contribution in [3.05, 3.63) is 32.5 Å². The van der Waals surface area contributed by atoms with Gasteiger partial charge in [0.25, 0.3) is 5.69 Å². The predicted molar refractivity (Wildman–Crippen MR) is 73.3 cm³/mol. The first-order valence-corrected chi connectivity index (χ1v) is 6.75. The number of halogens is 2. The average molecular weight is 347 g/mol. The van der Waals surface area contributed by atoms with Gasteiger partial charge in [-0.05, 0) is 34.3 Å². The molecule has 2 rings (SSSR count). The predicted octanol–water partition coefficient (Wildman–Crippen LogP) is 2.80. The number of carbonyl (C=O) groups is 1. The Morgan fingerprint density at radius 2 is 2.25 bits per heavy atom. The Morgan fingerprint density at radius 1 is 1.60 bits per heavy atom. The minimum Gasteiger partial charge on any atom is -0.480 e. The fourth-order valence-electron chi connectivity index (χ4n) is 2.50. The van der Waals surface area contributed by atoms with Crippen molar-refractivity contribution >= 4 is 33.3 Å². The highest BCUT2D eigenvalue weighted by atomic mass is 79.9. The molecule has 1 fully saturated rings. The number of rotatable bonds is 3. The molecule has 1 aliphatic heterocycles. The first-order valence-electron chi connectivity index (χ1n) is 5.95. The molecule has 1 aromatic carbocycles. The highest BCUT2D eigenvalue weighted by Gasteiger charge is 2.39. The number of hydrogen-bond acceptors (Lipinski definition) is 4. The summed E-state index contributed by atoms with van der Waals surface area (Å²) in [5, 5.41) is 20.3. The topological polar surface area (TPSA) is 83.7 Å². The van der Waals surface area contributed by atoms with Crippen molar-refractivity contribution in [2.24, 2.45) is 5.92 Å². The lowest BCUT2D eigenvalue weighted by molar-refractivity contribution is -0.384. The van der Waals surface area contributed by atoms with Crippen LogP contribution in [0.15, 0.2) is 16.6 Å². The van der Waals surface area contributed by atoms with Crippen LogP contribution in [0.25, 0.3) is 0 Å². The number of anilines is 1. The first-order chi connectivity index (χ1) is 9.32. The second-order valence-corrected chi connectivity index (χ2v) is 5.61. The number of nitro benzene ring substituents is 1. The molecule has 2 unspecified atom stereocenters. The molecule has 1 aromatic rings. The van der Waals surface area contributed by atoms with Crippen LogP contribution in [0, 0.1) is 21.8 Å². The molecule has 0 bridgehead atoms. The van der Waals surface area contributed by atoms with Gasteiger partial charge in [0.1, 0.15) is 17.5 Å². The Hall–Kier alpha value is -1.70. The molecule has 0 amide bonds. The highest BCUT2D eigenvalue weighted by molar-refractivity contribution is 9.10. The van der Waals surface area contributed by atoms with E-state index >= 15 is 0 Å². The standard InChI is InChI=1S/C12H12BrFN2O4/c1-6-2-3-15(11(6)12(17)18)9-4-7(13)8(14)5-10(9)16(19)20/h4-6,11H,2-3H2,1H3,(H,17,18). The molecule has 6 nitrogen and oxygen atoms in total. The number of nitrogens with zero attached hydrogens (tertiary/aromatic N) is 2. The molecule has 0 saturated carbocycles. The number of carboxylic acids is 1. The number of hydrogen-bond donors (Lipinski definition) is 1. The lowest BCUT2D eigenvalue weighted by Gasteiger charge is -2.25. The van der Waals surface area contributed by atoms with Gasteiger partial charge in [-0.15, -0.1) is 0 Å². The molecule has 1 saturated heterocycles. The second kappa shape index (κ2) is 5.35. The maximum absolute atomic E-state index is 13.5. The Balaban J connectivity index is 2.54. The summed E-state index contributed by atoms with van der Waals surface area (Å²) in [6.45, 7) is 2.17. The molecule has 0 aromatic heterocycles. The molecular weight excluding hydrogens is 335 g/mol. The SMILES string of the molecule is CC1CCN(c2cc(Br)c(F)cc2[N+](=O)[O-])C1C(=O)O. The minimum atomic E-state index is -1.04. The van der Waals surface area contributed by atoms with E-state index in [1.165, 1.54) is 11.0 Å². The van der Waals surface area contributed by atoms with Gasteiger partial charge in [-0.1, -0.05) is 6.92 Å². The van der Waals surface area contributed by atoms with E-state index in [9.17, 15) is 24.4 Å². The monoisotopic (exact) mass is 346 g/mol. The normalized spacial score (nSPS) is 22.1. The maximum atomic E-state index is 13.5. The summed E-state index contributed by atoms with van der Waals surface area (Å²) in [4.78, 5) is 23.1. The van der Waals surface area contributed by atoms with Crippen LogP contribution in [-0.2, 0) is 4.79 Å². The summed E-state index contributed by atoms with van der Waals surface area (Å²) in [6.07, 6.45) is 0.614. The summed E-state index contributed by atoms with van der Waals surface area (Å²) in [6, 6.07) is 1.23. The molecule has 2 atom stereocenters. The zero-order chi connectivity index (χ0) is 15.0. The number of aliphatic carboxylic acids is 1. The van der Waals surface area contributed by atoms with E-state index in [4.69, 9.17) is 0 Å². The Kier molecular flexibility index (Phi) is 3.94. The van der Waals surface area contributed by atoms with E-state index in [2.05, 4.69) is 15.9 Å². The van der Waals surface area contributed by atoms with Crippen molar-refractivity contribution in [2.75, 3.05) is 11.4 Å². The largest absolute Gasteiger partial charge is 0.480 e. The molecule has 0 aliphatic carbocycles. The Labute approximate surface area is 122 Å². The van der Waals surface area contributed by atoms with Crippen molar-refractivity contribution in [2.45, 2.75) is 19.4 Å². The fraction of sp³-hybridized carbons (Fsp3) is 0.417. The summed E-state index contributed by atoms with van der Waals surface area (Å²) in [5.41, 5.74) is -0.300. The summed E-state index contributed by atoms with van der Waals surface area (Å²) in [7, 11) is 0. The van der Waals surface area contributed by atoms with Gasteiger partial charge < -0.3 is 10.0 Å². The van der Waals surface area contributed by atoms with Gasteiger partial charge >= 0.3 is 5.97 Å². The van der Waals surface area contributed by atoms with Gasteiger partial charge in [0, 0.05) is 6.54 Å². The van der Waals surface area contributed by atoms with E-state index in [1.54, 1.807) is 6.92 Å². The molecule has 8 heteroatoms. The van der Waals surface area contributed by atoms with Gasteiger partial charge in [0.05, 0.1) is 15.5 Å². The molecule has 0 radical (unpaired) electrons. The minimum absolute atomic E-state index is 0.0711. The molecule has 20 heavy (non-hydrogen) atoms. The number of carboxylic acid groups (broad SMARTS) is 1. The smallest absolute Gasteiger partial charge is 0.326 e. The number of nitro groups is 1. The Morgan fingerprint density at radius 3 is 2.80 bits per heavy atom. The van der Waals surface area contributed by atoms with Crippen LogP contribution in [0.1, 0.15) is 13.3 Å². The molecule has 1 heterocycles. The van der Waals surface area contributed by atoms with Gasteiger partial charge in [-0.3, -0.25) is 10.1 Å². The molecule has 108 valence electrons. The summed E-state index contributed by atoms with van der Waals surface area (Å²) in [5.74, 6) is -1.92. The van der Waals surface area contributed by atoms with Crippen LogP contribution < -0.4 is 4.90 Å². The maximum Gasteiger partial charge on any atom is 0.326 e. The zero-order valence-corrected chi connectivity index (χ0v) is 12.1. The van der Waals surface area contributed by atoms with Crippen LogP contribution in [-0.4, -0.2) is 28.6 Å². The van der Waals surface area contributed by atoms with Crippen LogP contribution >= 0.6 is 15.9 Å². The van der Waals surface area contributed by atoms with Crippen LogP contribution in [0.3, 0.4) is 0 Å². The lowest BCUT2D eigenvalue weighted by atomic mass is 10.0. The third kappa shape index (κ3) is 2.47. The average Bonchev–Trinajstić information content (AvgIpc) is 2.73.